The molecule has 12 heteroatoms. The molecule has 1 aliphatic rings. The van der Waals surface area contributed by atoms with Gasteiger partial charge in [-0.1, -0.05) is 41.4 Å². The molecule has 1 unspecified atom stereocenters. The summed E-state index contributed by atoms with van der Waals surface area (Å²) in [5.41, 5.74) is 0.820. The van der Waals surface area contributed by atoms with Crippen molar-refractivity contribution in [3.8, 4) is 0 Å². The van der Waals surface area contributed by atoms with Gasteiger partial charge in [-0.2, -0.15) is 13.2 Å². The van der Waals surface area contributed by atoms with E-state index in [2.05, 4.69) is 10.3 Å². The monoisotopic (exact) mass is 554 g/mol. The van der Waals surface area contributed by atoms with Crippen LogP contribution in [0.15, 0.2) is 53.3 Å². The summed E-state index contributed by atoms with van der Waals surface area (Å²) >= 11 is 12.2. The average molecular weight is 555 g/mol. The molecule has 0 saturated carbocycles. The molecule has 0 radical (unpaired) electrons. The molecule has 2 N–H and O–H groups in total. The molecule has 4 rings (SSSR count). The molecule has 0 spiro atoms. The number of carbonyl (C=O) groups is 2. The molecular formula is C25H23Cl2F3N4O3. The normalized spacial score (nSPS) is 16.2. The first-order valence-electron chi connectivity index (χ1n) is 11.5. The molecule has 2 amide bonds. The number of H-pyrrole nitrogens is 1. The minimum atomic E-state index is -4.33. The summed E-state index contributed by atoms with van der Waals surface area (Å²) in [5, 5.41) is 3.73. The molecule has 2 aromatic carbocycles. The van der Waals surface area contributed by atoms with E-state index in [0.29, 0.717) is 33.2 Å². The lowest BCUT2D eigenvalue weighted by Crippen LogP contribution is -2.61. The Morgan fingerprint density at radius 3 is 2.54 bits per heavy atom. The summed E-state index contributed by atoms with van der Waals surface area (Å²) in [6.45, 7) is 0.344. The van der Waals surface area contributed by atoms with E-state index in [1.165, 1.54) is 11.0 Å². The number of piperazine rings is 1. The van der Waals surface area contributed by atoms with E-state index in [9.17, 15) is 27.6 Å². The van der Waals surface area contributed by atoms with Gasteiger partial charge in [0.15, 0.2) is 0 Å². The van der Waals surface area contributed by atoms with Crippen LogP contribution in [0, 0.1) is 0 Å². The third-order valence-corrected chi connectivity index (χ3v) is 6.87. The van der Waals surface area contributed by atoms with E-state index in [1.54, 1.807) is 42.5 Å². The maximum Gasteiger partial charge on any atom is 0.389 e. The molecule has 37 heavy (non-hydrogen) atoms. The molecule has 7 nitrogen and oxygen atoms in total. The predicted molar refractivity (Wildman–Crippen MR) is 136 cm³/mol. The number of aromatic nitrogens is 1. The molecule has 1 fully saturated rings. The van der Waals surface area contributed by atoms with E-state index in [1.807, 2.05) is 4.90 Å². The molecule has 1 atom stereocenters. The molecule has 0 aliphatic carbocycles. The summed E-state index contributed by atoms with van der Waals surface area (Å²) in [6.07, 6.45) is -5.65. The third-order valence-electron chi connectivity index (χ3n) is 6.13. The molecule has 1 aromatic heterocycles. The van der Waals surface area contributed by atoms with Crippen molar-refractivity contribution in [3.63, 3.8) is 0 Å². The second-order valence-electron chi connectivity index (χ2n) is 8.66. The lowest BCUT2D eigenvalue weighted by Gasteiger charge is -2.41. The van der Waals surface area contributed by atoms with Crippen LogP contribution in [0.3, 0.4) is 0 Å². The number of amides is 2. The van der Waals surface area contributed by atoms with Crippen molar-refractivity contribution < 1.29 is 22.8 Å². The molecule has 1 saturated heterocycles. The van der Waals surface area contributed by atoms with Gasteiger partial charge in [0.05, 0.1) is 15.6 Å². The highest BCUT2D eigenvalue weighted by molar-refractivity contribution is 6.42. The standard InChI is InChI=1S/C25H23Cl2F3N4O3/c26-18-7-6-15(12-19(18)27)33-10-11-34(21(14-33)23(36)31-9-3-8-25(28,29)30)24(37)17-13-22(35)32-20-5-2-1-4-16(17)20/h1-2,4-7,12-13,21H,3,8-11,14H2,(H,31,36)(H,32,35). The largest absolute Gasteiger partial charge is 0.389 e. The Kier molecular flexibility index (Phi) is 7.99. The van der Waals surface area contributed by atoms with Crippen molar-refractivity contribution in [1.82, 2.24) is 15.2 Å². The predicted octanol–water partition coefficient (Wildman–Crippen LogP) is 4.62. The number of pyridine rings is 1. The van der Waals surface area contributed by atoms with Crippen LogP contribution in [0.4, 0.5) is 18.9 Å². The number of aromatic amines is 1. The van der Waals surface area contributed by atoms with Crippen LogP contribution in [-0.4, -0.2) is 60.1 Å². The fourth-order valence-corrected chi connectivity index (χ4v) is 4.61. The van der Waals surface area contributed by atoms with Crippen LogP contribution >= 0.6 is 23.2 Å². The van der Waals surface area contributed by atoms with Gasteiger partial charge < -0.3 is 20.1 Å². The summed E-state index contributed by atoms with van der Waals surface area (Å²) in [6, 6.07) is 12.0. The van der Waals surface area contributed by atoms with E-state index in [4.69, 9.17) is 23.2 Å². The number of carbonyl (C=O) groups excluding carboxylic acids is 2. The van der Waals surface area contributed by atoms with Crippen molar-refractivity contribution >= 4 is 51.6 Å². The van der Waals surface area contributed by atoms with Crippen LogP contribution in [0.2, 0.25) is 10.0 Å². The number of rotatable bonds is 6. The Hall–Kier alpha value is -3.24. The van der Waals surface area contributed by atoms with Crippen LogP contribution in [-0.2, 0) is 4.79 Å². The van der Waals surface area contributed by atoms with Gasteiger partial charge in [0.1, 0.15) is 6.04 Å². The van der Waals surface area contributed by atoms with Crippen LogP contribution in [0.5, 0.6) is 0 Å². The molecular weight excluding hydrogens is 532 g/mol. The molecule has 3 aromatic rings. The van der Waals surface area contributed by atoms with E-state index in [0.717, 1.165) is 0 Å². The maximum atomic E-state index is 13.7. The number of halogens is 5. The van der Waals surface area contributed by atoms with Crippen molar-refractivity contribution in [2.75, 3.05) is 31.1 Å². The maximum absolute atomic E-state index is 13.7. The highest BCUT2D eigenvalue weighted by Crippen LogP contribution is 2.29. The second kappa shape index (κ2) is 11.0. The van der Waals surface area contributed by atoms with E-state index >= 15 is 0 Å². The molecule has 2 heterocycles. The quantitative estimate of drug-likeness (QED) is 0.435. The number of fused-ring (bicyclic) bond motifs is 1. The Morgan fingerprint density at radius 2 is 1.81 bits per heavy atom. The Morgan fingerprint density at radius 1 is 1.05 bits per heavy atom. The van der Waals surface area contributed by atoms with E-state index < -0.39 is 36.0 Å². The lowest BCUT2D eigenvalue weighted by atomic mass is 10.0. The summed E-state index contributed by atoms with van der Waals surface area (Å²) in [4.78, 5) is 45.0. The lowest BCUT2D eigenvalue weighted by molar-refractivity contribution is -0.136. The molecule has 0 bridgehead atoms. The summed E-state index contributed by atoms with van der Waals surface area (Å²) < 4.78 is 37.6. The first kappa shape index (κ1) is 26.8. The van der Waals surface area contributed by atoms with Crippen molar-refractivity contribution in [3.05, 3.63) is 74.5 Å². The number of benzene rings is 2. The first-order chi connectivity index (χ1) is 17.5. The Labute approximate surface area is 220 Å². The van der Waals surface area contributed by atoms with Crippen LogP contribution < -0.4 is 15.8 Å². The highest BCUT2D eigenvalue weighted by atomic mass is 35.5. The zero-order valence-electron chi connectivity index (χ0n) is 19.4. The van der Waals surface area contributed by atoms with Crippen LogP contribution in [0.25, 0.3) is 10.9 Å². The number of alkyl halides is 3. The Balaban J connectivity index is 1.62. The molecule has 1 aliphatic heterocycles. The number of hydrogen-bond acceptors (Lipinski definition) is 4. The minimum absolute atomic E-state index is 0.0654. The van der Waals surface area contributed by atoms with Gasteiger partial charge in [0.2, 0.25) is 11.5 Å². The van der Waals surface area contributed by atoms with Gasteiger partial charge in [-0.15, -0.1) is 0 Å². The number of anilines is 1. The van der Waals surface area contributed by atoms with Crippen molar-refractivity contribution in [2.24, 2.45) is 0 Å². The first-order valence-corrected chi connectivity index (χ1v) is 12.3. The fraction of sp³-hybridized carbons (Fsp3) is 0.320. The number of nitrogens with zero attached hydrogens (tertiary/aromatic N) is 2. The number of para-hydroxylation sites is 1. The fourth-order valence-electron chi connectivity index (χ4n) is 4.32. The zero-order valence-corrected chi connectivity index (χ0v) is 21.0. The zero-order chi connectivity index (χ0) is 26.7. The number of nitrogens with one attached hydrogen (secondary N) is 2. The SMILES string of the molecule is O=C(NCCCC(F)(F)F)C1CN(c2ccc(Cl)c(Cl)c2)CCN1C(=O)c1cc(=O)[nH]c2ccccc12. The van der Waals surface area contributed by atoms with E-state index in [-0.39, 0.29) is 31.6 Å². The third kappa shape index (κ3) is 6.37. The van der Waals surface area contributed by atoms with Crippen molar-refractivity contribution in [2.45, 2.75) is 25.1 Å². The second-order valence-corrected chi connectivity index (χ2v) is 9.48. The van der Waals surface area contributed by atoms with Gasteiger partial charge in [-0.25, -0.2) is 0 Å². The van der Waals surface area contributed by atoms with Gasteiger partial charge >= 0.3 is 6.18 Å². The minimum Gasteiger partial charge on any atom is -0.367 e. The topological polar surface area (TPSA) is 85.5 Å². The van der Waals surface area contributed by atoms with Gasteiger partial charge in [-0.3, -0.25) is 14.4 Å². The summed E-state index contributed by atoms with van der Waals surface area (Å²) in [7, 11) is 0. The average Bonchev–Trinajstić information content (AvgIpc) is 2.86. The summed E-state index contributed by atoms with van der Waals surface area (Å²) in [5.74, 6) is -1.11. The Bertz CT molecular complexity index is 1380. The van der Waals surface area contributed by atoms with Gasteiger partial charge in [-0.05, 0) is 30.7 Å². The molecule has 196 valence electrons. The van der Waals surface area contributed by atoms with Crippen LogP contribution in [0.1, 0.15) is 23.2 Å². The number of hydrogen-bond donors (Lipinski definition) is 2. The van der Waals surface area contributed by atoms with Crippen molar-refractivity contribution in [1.29, 1.82) is 0 Å². The smallest absolute Gasteiger partial charge is 0.367 e. The van der Waals surface area contributed by atoms with Gasteiger partial charge in [0, 0.05) is 55.3 Å². The highest BCUT2D eigenvalue weighted by Gasteiger charge is 2.37. The van der Waals surface area contributed by atoms with Gasteiger partial charge in [0.25, 0.3) is 5.91 Å².